The molecule has 0 atom stereocenters. The zero-order chi connectivity index (χ0) is 52.0. The summed E-state index contributed by atoms with van der Waals surface area (Å²) in [7, 11) is 2.45. The maximum absolute atomic E-state index is 11.5. The largest absolute Gasteiger partial charge is 0.512 e. The van der Waals surface area contributed by atoms with E-state index in [4.69, 9.17) is 25.5 Å². The Labute approximate surface area is 490 Å². The van der Waals surface area contributed by atoms with Gasteiger partial charge >= 0.3 is 11.9 Å². The number of esters is 2. The summed E-state index contributed by atoms with van der Waals surface area (Å²) in [5.74, 6) is -1.86. The Morgan fingerprint density at radius 2 is 0.857 bits per heavy atom. The van der Waals surface area contributed by atoms with E-state index in [0.717, 1.165) is 12.2 Å². The zero-order valence-electron chi connectivity index (χ0n) is 42.8. The topological polar surface area (TPSA) is 289 Å². The van der Waals surface area contributed by atoms with Gasteiger partial charge in [-0.3, -0.25) is 24.0 Å². The van der Waals surface area contributed by atoms with Crippen molar-refractivity contribution in [2.45, 2.75) is 104 Å². The molecule has 1 aromatic rings. The SMILES string of the molecule is CC(=O)C=C(C)O.CC(=O)C=C(C)O.CC(=O)C=C(C)O.CC(=O)C=C(O)c1ccccc1.CC(C)(C)C(=O)C=C(O)C(C)(C)C.CCOC(=O)C=C(C)O.COC(=O)C=C(O)OC.[Co].[Cr].[Fe].[Ni].[Ti].[Zr]. The molecule has 0 unspecified atom stereocenters. The van der Waals surface area contributed by atoms with Gasteiger partial charge in [-0.05, 0) is 62.3 Å². The summed E-state index contributed by atoms with van der Waals surface area (Å²) in [5.41, 5.74) is -0.104. The molecule has 0 amide bonds. The number of benzene rings is 1. The Morgan fingerprint density at radius 3 is 1.07 bits per heavy atom. The van der Waals surface area contributed by atoms with Crippen LogP contribution < -0.4 is 0 Å². The van der Waals surface area contributed by atoms with E-state index in [1.807, 2.05) is 47.6 Å². The van der Waals surface area contributed by atoms with Gasteiger partial charge in [0.25, 0.3) is 5.95 Å². The van der Waals surface area contributed by atoms with Crippen LogP contribution in [0.4, 0.5) is 0 Å². The molecule has 0 aliphatic carbocycles. The number of allylic oxidation sites excluding steroid dienone is 10. The van der Waals surface area contributed by atoms with Crippen molar-refractivity contribution in [2.75, 3.05) is 20.8 Å². The van der Waals surface area contributed by atoms with Gasteiger partial charge in [0.2, 0.25) is 0 Å². The minimum atomic E-state index is -0.644. The smallest absolute Gasteiger partial charge is 0.337 e. The fourth-order valence-corrected chi connectivity index (χ4v) is 2.90. The summed E-state index contributed by atoms with van der Waals surface area (Å²) in [4.78, 5) is 72.8. The molecule has 0 spiro atoms. The number of hydrogen-bond donors (Lipinski definition) is 7. The number of carbonyl (C=O) groups is 7. The van der Waals surface area contributed by atoms with E-state index in [1.165, 1.54) is 100.0 Å². The number of methoxy groups -OCH3 is 2. The van der Waals surface area contributed by atoms with Crippen molar-refractivity contribution in [1.82, 2.24) is 0 Å². The van der Waals surface area contributed by atoms with Crippen molar-refractivity contribution < 1.29 is 199 Å². The summed E-state index contributed by atoms with van der Waals surface area (Å²) in [6, 6.07) is 8.95. The van der Waals surface area contributed by atoms with Crippen LogP contribution in [0.25, 0.3) is 5.76 Å². The second-order valence-corrected chi connectivity index (χ2v) is 14.8. The van der Waals surface area contributed by atoms with Crippen LogP contribution in [0.2, 0.25) is 0 Å². The van der Waals surface area contributed by atoms with Crippen molar-refractivity contribution in [3.8, 4) is 0 Å². The Kier molecular flexibility index (Phi) is 77.9. The van der Waals surface area contributed by atoms with E-state index in [2.05, 4.69) is 14.2 Å². The standard InChI is InChI=1S/C11H20O2.C10H10O2.C6H10O3.C5H8O4.3C5H8O2.Co.Cr.Fe.Ni.Ti.Zr/c1-10(2,3)8(12)7-9(13)11(4,5)6;1-8(11)7-10(12)9-5-3-2-4-6-9;1-3-9-6(8)4-5(2)7;1-8-4(6)3-5(7)9-2;3*1-4(6)3-5(2)7;;;;;;/h7,12H,1-6H3;2-7,12H,1H3;4,7H,3H2,1-2H3;3,6H,1-2H3;3*3,6H,1-2H3;;;;;;. The Balaban J connectivity index is -0.0000000560. The van der Waals surface area contributed by atoms with E-state index in [0.29, 0.717) is 12.2 Å². The van der Waals surface area contributed by atoms with E-state index < -0.39 is 23.3 Å². The molecule has 23 heteroatoms. The summed E-state index contributed by atoms with van der Waals surface area (Å²) in [6.07, 6.45) is 7.90. The number of aliphatic hydroxyl groups excluding tert-OH is 7. The molecule has 1 aromatic carbocycles. The van der Waals surface area contributed by atoms with Crippen LogP contribution in [0.1, 0.15) is 109 Å². The first kappa shape index (κ1) is 96.3. The minimum absolute atomic E-state index is 0. The first-order valence-electron chi connectivity index (χ1n) is 19.1. The van der Waals surface area contributed by atoms with Crippen LogP contribution in [0.5, 0.6) is 0 Å². The van der Waals surface area contributed by atoms with E-state index in [9.17, 15) is 43.8 Å². The predicted octanol–water partition coefficient (Wildman–Crippen LogP) is 9.58. The van der Waals surface area contributed by atoms with Gasteiger partial charge in [0.05, 0.1) is 49.9 Å². The summed E-state index contributed by atoms with van der Waals surface area (Å²) in [6.45, 7) is 24.5. The van der Waals surface area contributed by atoms with Gasteiger partial charge in [0.1, 0.15) is 17.6 Å². The molecule has 403 valence electrons. The van der Waals surface area contributed by atoms with E-state index >= 15 is 0 Å². The first-order valence-corrected chi connectivity index (χ1v) is 19.1. The van der Waals surface area contributed by atoms with Crippen molar-refractivity contribution in [2.24, 2.45) is 10.8 Å². The molecule has 17 nitrogen and oxygen atoms in total. The third kappa shape index (κ3) is 84.7. The maximum atomic E-state index is 11.5. The Bertz CT molecular complexity index is 1770. The maximum Gasteiger partial charge on any atom is 0.337 e. The summed E-state index contributed by atoms with van der Waals surface area (Å²) >= 11 is 0. The Morgan fingerprint density at radius 1 is 0.529 bits per heavy atom. The van der Waals surface area contributed by atoms with Gasteiger partial charge in [-0.15, -0.1) is 0 Å². The van der Waals surface area contributed by atoms with Crippen LogP contribution >= 0.6 is 0 Å². The average molecular weight is 1270 g/mol. The molecule has 0 heterocycles. The van der Waals surface area contributed by atoms with Gasteiger partial charge in [0.15, 0.2) is 28.9 Å². The van der Waals surface area contributed by atoms with Crippen molar-refractivity contribution >= 4 is 46.6 Å². The van der Waals surface area contributed by atoms with Gasteiger partial charge in [-0.1, -0.05) is 71.9 Å². The third-order valence-corrected chi connectivity index (χ3v) is 5.69. The number of rotatable bonds is 10. The third-order valence-electron chi connectivity index (χ3n) is 5.69. The van der Waals surface area contributed by atoms with Gasteiger partial charge in [0, 0.05) is 162 Å². The number of hydrogen-bond acceptors (Lipinski definition) is 17. The molecule has 0 aromatic heterocycles. The average Bonchev–Trinajstić information content (AvgIpc) is 3.10. The Hall–Kier alpha value is -3.26. The fourth-order valence-electron chi connectivity index (χ4n) is 2.90. The molecule has 70 heavy (non-hydrogen) atoms. The molecule has 0 aliphatic heterocycles. The predicted molar refractivity (Wildman–Crippen MR) is 246 cm³/mol. The number of carbonyl (C=O) groups excluding carboxylic acids is 7. The molecule has 0 saturated heterocycles. The van der Waals surface area contributed by atoms with Gasteiger partial charge < -0.3 is 50.0 Å². The molecular weight excluding hydrogens is 1200 g/mol. The first-order chi connectivity index (χ1) is 29.0. The number of ketones is 5. The summed E-state index contributed by atoms with van der Waals surface area (Å²) in [5, 5.41) is 61.0. The van der Waals surface area contributed by atoms with Crippen LogP contribution in [0.3, 0.4) is 0 Å². The van der Waals surface area contributed by atoms with Crippen LogP contribution in [-0.2, 0) is 163 Å². The van der Waals surface area contributed by atoms with E-state index in [-0.39, 0.29) is 185 Å². The van der Waals surface area contributed by atoms with Gasteiger partial charge in [-0.2, -0.15) is 0 Å². The number of aliphatic hydroxyl groups is 7. The van der Waals surface area contributed by atoms with Crippen LogP contribution in [0, 0.1) is 10.8 Å². The molecule has 1 rings (SSSR count). The van der Waals surface area contributed by atoms with Crippen LogP contribution in [0.15, 0.2) is 108 Å². The molecular formula is C47H72CoCrFeNiO17TiZr. The summed E-state index contributed by atoms with van der Waals surface area (Å²) < 4.78 is 12.9. The van der Waals surface area contributed by atoms with Crippen LogP contribution in [-0.4, -0.2) is 97.4 Å². The number of ether oxygens (including phenoxy) is 3. The van der Waals surface area contributed by atoms with E-state index in [1.54, 1.807) is 31.2 Å². The fraction of sp³-hybridized carbons (Fsp3) is 0.426. The minimum Gasteiger partial charge on any atom is -0.512 e. The zero-order valence-corrected chi connectivity index (χ0v) is 51.2. The molecule has 0 bridgehead atoms. The quantitative estimate of drug-likeness (QED) is 0.0496. The molecule has 0 saturated carbocycles. The monoisotopic (exact) mass is 1270 g/mol. The van der Waals surface area contributed by atoms with Crippen molar-refractivity contribution in [3.63, 3.8) is 0 Å². The second kappa shape index (κ2) is 56.7. The molecule has 7 N–H and O–H groups in total. The second-order valence-electron chi connectivity index (χ2n) is 14.8. The molecule has 0 fully saturated rings. The van der Waals surface area contributed by atoms with Crippen molar-refractivity contribution in [1.29, 1.82) is 0 Å². The molecule has 1 radical (unpaired) electrons. The van der Waals surface area contributed by atoms with Gasteiger partial charge in [-0.25, -0.2) is 9.59 Å². The van der Waals surface area contributed by atoms with Crippen molar-refractivity contribution in [3.05, 3.63) is 113 Å². The molecule has 0 aliphatic rings. The normalized spacial score (nSPS) is 10.8.